The lowest BCUT2D eigenvalue weighted by Gasteiger charge is -2.13. The third-order valence-electron chi connectivity index (χ3n) is 4.91. The second kappa shape index (κ2) is 9.05. The Bertz CT molecular complexity index is 1120. The van der Waals surface area contributed by atoms with Gasteiger partial charge in [-0.15, -0.1) is 0 Å². The number of carbonyl (C=O) groups excluding carboxylic acids is 1. The molecule has 30 heavy (non-hydrogen) atoms. The van der Waals surface area contributed by atoms with Crippen molar-refractivity contribution in [2.75, 3.05) is 14.2 Å². The number of hydrogen-bond donors (Lipinski definition) is 1. The van der Waals surface area contributed by atoms with Crippen LogP contribution in [0.1, 0.15) is 32.9 Å². The molecule has 0 saturated heterocycles. The van der Waals surface area contributed by atoms with Crippen LogP contribution in [0.3, 0.4) is 0 Å². The van der Waals surface area contributed by atoms with Gasteiger partial charge in [0, 0.05) is 33.7 Å². The van der Waals surface area contributed by atoms with Crippen molar-refractivity contribution in [3.05, 3.63) is 75.6 Å². The van der Waals surface area contributed by atoms with Gasteiger partial charge in [0.15, 0.2) is 0 Å². The fraction of sp³-hybridized carbons (Fsp3) is 0.217. The largest absolute Gasteiger partial charge is 0.497 e. The van der Waals surface area contributed by atoms with Crippen molar-refractivity contribution < 1.29 is 14.3 Å². The highest BCUT2D eigenvalue weighted by Gasteiger charge is 2.14. The lowest BCUT2D eigenvalue weighted by atomic mass is 10.2. The van der Waals surface area contributed by atoms with Crippen molar-refractivity contribution in [2.24, 2.45) is 5.10 Å². The van der Waals surface area contributed by atoms with Crippen LogP contribution in [0.15, 0.2) is 47.6 Å². The van der Waals surface area contributed by atoms with Gasteiger partial charge in [0.05, 0.1) is 26.0 Å². The molecule has 0 aliphatic heterocycles. The number of hydrazone groups is 1. The molecule has 0 unspecified atom stereocenters. The molecule has 0 bridgehead atoms. The Morgan fingerprint density at radius 3 is 2.53 bits per heavy atom. The van der Waals surface area contributed by atoms with E-state index >= 15 is 0 Å². The summed E-state index contributed by atoms with van der Waals surface area (Å²) in [6, 6.07) is 12.8. The summed E-state index contributed by atoms with van der Waals surface area (Å²) in [5.74, 6) is 0.651. The summed E-state index contributed by atoms with van der Waals surface area (Å²) in [7, 11) is 3.06. The molecule has 0 spiro atoms. The van der Waals surface area contributed by atoms with Gasteiger partial charge in [0.25, 0.3) is 5.91 Å². The monoisotopic (exact) mass is 425 g/mol. The highest BCUT2D eigenvalue weighted by Crippen LogP contribution is 2.26. The molecule has 3 aromatic rings. The van der Waals surface area contributed by atoms with Crippen LogP contribution in [0.2, 0.25) is 5.02 Å². The lowest BCUT2D eigenvalue weighted by molar-refractivity contribution is 0.0952. The number of ether oxygens (including phenoxy) is 2. The number of carbonyl (C=O) groups is 1. The number of nitrogens with one attached hydrogen (secondary N) is 1. The molecule has 0 fully saturated rings. The van der Waals surface area contributed by atoms with E-state index in [1.54, 1.807) is 31.5 Å². The van der Waals surface area contributed by atoms with Crippen LogP contribution in [0, 0.1) is 20.8 Å². The van der Waals surface area contributed by atoms with Gasteiger partial charge in [-0.2, -0.15) is 5.10 Å². The van der Waals surface area contributed by atoms with Crippen molar-refractivity contribution >= 4 is 23.7 Å². The summed E-state index contributed by atoms with van der Waals surface area (Å²) in [4.78, 5) is 12.5. The van der Waals surface area contributed by atoms with Crippen molar-refractivity contribution in [1.29, 1.82) is 0 Å². The number of nitrogens with zero attached hydrogens (tertiary/aromatic N) is 2. The Kier molecular flexibility index (Phi) is 6.47. The topological polar surface area (TPSA) is 64.8 Å². The molecular formula is C23H24ClN3O3. The number of hydrogen-bond acceptors (Lipinski definition) is 4. The normalized spacial score (nSPS) is 11.0. The van der Waals surface area contributed by atoms with Crippen LogP contribution in [0.25, 0.3) is 5.69 Å². The first-order valence-corrected chi connectivity index (χ1v) is 9.74. The van der Waals surface area contributed by atoms with Gasteiger partial charge in [-0.25, -0.2) is 5.43 Å². The first kappa shape index (κ1) is 21.5. The average molecular weight is 426 g/mol. The molecule has 1 heterocycles. The minimum Gasteiger partial charge on any atom is -0.497 e. The van der Waals surface area contributed by atoms with E-state index in [0.717, 1.165) is 28.2 Å². The summed E-state index contributed by atoms with van der Waals surface area (Å²) in [5.41, 5.74) is 8.00. The maximum atomic E-state index is 12.5. The zero-order chi connectivity index (χ0) is 21.8. The Morgan fingerprint density at radius 2 is 1.83 bits per heavy atom. The molecule has 1 amide bonds. The second-order valence-corrected chi connectivity index (χ2v) is 7.29. The Balaban J connectivity index is 1.83. The zero-order valence-corrected chi connectivity index (χ0v) is 18.4. The van der Waals surface area contributed by atoms with E-state index in [4.69, 9.17) is 21.1 Å². The highest BCUT2D eigenvalue weighted by molar-refractivity contribution is 6.30. The standard InChI is InChI=1S/C23H24ClN3O3/c1-14-6-7-18(24)11-21(14)27-15(2)10-17(16(27)3)13-25-26-23(28)20-9-8-19(29-4)12-22(20)30-5/h6-13H,1-5H3,(H,26,28)/b25-13-. The number of amides is 1. The van der Waals surface area contributed by atoms with Crippen LogP contribution >= 0.6 is 11.6 Å². The minimum absolute atomic E-state index is 0.370. The number of halogens is 1. The molecule has 2 aromatic carbocycles. The van der Waals surface area contributed by atoms with Crippen LogP contribution in [0.5, 0.6) is 11.5 Å². The molecule has 0 atom stereocenters. The van der Waals surface area contributed by atoms with E-state index in [0.29, 0.717) is 22.1 Å². The Morgan fingerprint density at radius 1 is 1.07 bits per heavy atom. The van der Waals surface area contributed by atoms with Crippen LogP contribution in [-0.2, 0) is 0 Å². The van der Waals surface area contributed by atoms with Gasteiger partial charge in [0.2, 0.25) is 0 Å². The summed E-state index contributed by atoms with van der Waals surface area (Å²) >= 11 is 6.19. The second-order valence-electron chi connectivity index (χ2n) is 6.86. The number of aryl methyl sites for hydroxylation is 2. The first-order chi connectivity index (χ1) is 14.3. The third-order valence-corrected chi connectivity index (χ3v) is 5.14. The SMILES string of the molecule is COc1ccc(C(=O)N/N=C\c2cc(C)n(-c3cc(Cl)ccc3C)c2C)c(OC)c1. The predicted octanol–water partition coefficient (Wildman–Crippen LogP) is 4.84. The molecule has 1 aromatic heterocycles. The first-order valence-electron chi connectivity index (χ1n) is 9.36. The summed E-state index contributed by atoms with van der Waals surface area (Å²) in [5, 5.41) is 4.81. The van der Waals surface area contributed by atoms with E-state index < -0.39 is 0 Å². The molecule has 156 valence electrons. The van der Waals surface area contributed by atoms with Crippen molar-refractivity contribution in [3.63, 3.8) is 0 Å². The average Bonchev–Trinajstić information content (AvgIpc) is 3.02. The maximum Gasteiger partial charge on any atom is 0.275 e. The van der Waals surface area contributed by atoms with Gasteiger partial charge >= 0.3 is 0 Å². The van der Waals surface area contributed by atoms with Crippen LogP contribution in [-0.4, -0.2) is 30.9 Å². The van der Waals surface area contributed by atoms with Crippen LogP contribution in [0.4, 0.5) is 0 Å². The predicted molar refractivity (Wildman–Crippen MR) is 120 cm³/mol. The zero-order valence-electron chi connectivity index (χ0n) is 17.6. The van der Waals surface area contributed by atoms with E-state index in [1.807, 2.05) is 45.0 Å². The number of aromatic nitrogens is 1. The highest BCUT2D eigenvalue weighted by atomic mass is 35.5. The van der Waals surface area contributed by atoms with E-state index in [1.165, 1.54) is 7.11 Å². The number of benzene rings is 2. The van der Waals surface area contributed by atoms with Crippen molar-refractivity contribution in [3.8, 4) is 17.2 Å². The van der Waals surface area contributed by atoms with Crippen LogP contribution < -0.4 is 14.9 Å². The van der Waals surface area contributed by atoms with Gasteiger partial charge in [-0.3, -0.25) is 4.79 Å². The molecule has 0 saturated carbocycles. The van der Waals surface area contributed by atoms with Gasteiger partial charge in [0.1, 0.15) is 11.5 Å². The molecule has 7 heteroatoms. The van der Waals surface area contributed by atoms with Crippen molar-refractivity contribution in [2.45, 2.75) is 20.8 Å². The number of rotatable bonds is 6. The lowest BCUT2D eigenvalue weighted by Crippen LogP contribution is -2.18. The van der Waals surface area contributed by atoms with Gasteiger partial charge < -0.3 is 14.0 Å². The smallest absolute Gasteiger partial charge is 0.275 e. The molecule has 0 radical (unpaired) electrons. The molecule has 6 nitrogen and oxygen atoms in total. The van der Waals surface area contributed by atoms with E-state index in [2.05, 4.69) is 15.1 Å². The maximum absolute atomic E-state index is 12.5. The quantitative estimate of drug-likeness (QED) is 0.454. The molecular weight excluding hydrogens is 402 g/mol. The molecule has 0 aliphatic rings. The summed E-state index contributed by atoms with van der Waals surface area (Å²) in [6.07, 6.45) is 1.63. The molecule has 3 rings (SSSR count). The molecule has 1 N–H and O–H groups in total. The summed E-state index contributed by atoms with van der Waals surface area (Å²) < 4.78 is 12.6. The molecule has 0 aliphatic carbocycles. The third kappa shape index (κ3) is 4.33. The fourth-order valence-electron chi connectivity index (χ4n) is 3.32. The van der Waals surface area contributed by atoms with Gasteiger partial charge in [-0.1, -0.05) is 17.7 Å². The Hall–Kier alpha value is -3.25. The van der Waals surface area contributed by atoms with E-state index in [9.17, 15) is 4.79 Å². The van der Waals surface area contributed by atoms with Crippen molar-refractivity contribution in [1.82, 2.24) is 9.99 Å². The summed E-state index contributed by atoms with van der Waals surface area (Å²) in [6.45, 7) is 6.06. The number of methoxy groups -OCH3 is 2. The Labute approximate surface area is 181 Å². The van der Waals surface area contributed by atoms with Gasteiger partial charge in [-0.05, 0) is 56.7 Å². The fourth-order valence-corrected chi connectivity index (χ4v) is 3.49. The van der Waals surface area contributed by atoms with E-state index in [-0.39, 0.29) is 5.91 Å². The minimum atomic E-state index is -0.370.